The predicted molar refractivity (Wildman–Crippen MR) is 159 cm³/mol. The van der Waals surface area contributed by atoms with Gasteiger partial charge in [0.2, 0.25) is 0 Å². The number of rotatable bonds is 3. The monoisotopic (exact) mass is 703 g/mol. The van der Waals surface area contributed by atoms with E-state index >= 15 is 0 Å². The number of aryl methyl sites for hydroxylation is 2. The Balaban J connectivity index is 0.000000270. The van der Waals surface area contributed by atoms with E-state index in [2.05, 4.69) is 28.2 Å². The van der Waals surface area contributed by atoms with Gasteiger partial charge in [0.05, 0.1) is 12.4 Å². The molecule has 0 spiro atoms. The molecule has 4 aromatic carbocycles. The predicted octanol–water partition coefficient (Wildman–Crippen LogP) is 9.28. The molecule has 3 aromatic heterocycles. The number of benzene rings is 4. The maximum absolute atomic E-state index is 8.45. The standard InChI is InChI=1S/C24H16NO.C12H10N.Ir/c1-16-13-14-19-18-10-7-11-20(21-12-5-6-15-25-21)23(18)26-24(19)22(16)17-8-3-2-4-9-17;1-10-7-8-12(13-9-10)11-5-3-2-4-6-11;/h2-10,12-15H,1H3;2-5,7-9H,1H3;/q2*-1;/i1D3,2D,3D,4D,8D,9D;;. The average Bonchev–Trinajstić information content (AvgIpc) is 3.47. The van der Waals surface area contributed by atoms with Crippen LogP contribution in [0.2, 0.25) is 0 Å². The molecular weight excluding hydrogens is 669 g/mol. The zero-order valence-corrected chi connectivity index (χ0v) is 23.7. The molecular formula is C36H26IrN2O-2. The molecule has 0 amide bonds. The maximum Gasteiger partial charge on any atom is 0.129 e. The summed E-state index contributed by atoms with van der Waals surface area (Å²) in [7, 11) is 0. The van der Waals surface area contributed by atoms with Gasteiger partial charge in [-0.3, -0.25) is 0 Å². The Morgan fingerprint density at radius 1 is 0.775 bits per heavy atom. The Bertz CT molecular complexity index is 2210. The summed E-state index contributed by atoms with van der Waals surface area (Å²) in [5.41, 5.74) is 4.48. The van der Waals surface area contributed by atoms with Crippen molar-refractivity contribution in [3.63, 3.8) is 0 Å². The van der Waals surface area contributed by atoms with Crippen molar-refractivity contribution in [2.75, 3.05) is 0 Å². The van der Waals surface area contributed by atoms with E-state index in [1.54, 1.807) is 36.5 Å². The minimum absolute atomic E-state index is 0. The minimum Gasteiger partial charge on any atom is -0.500 e. The third-order valence-electron chi connectivity index (χ3n) is 6.17. The van der Waals surface area contributed by atoms with Crippen LogP contribution in [-0.2, 0) is 20.1 Å². The first-order valence-electron chi connectivity index (χ1n) is 16.3. The molecule has 7 aromatic rings. The number of pyridine rings is 2. The number of aromatic nitrogens is 2. The number of furan rings is 1. The minimum atomic E-state index is -2.62. The van der Waals surface area contributed by atoms with Crippen LogP contribution >= 0.6 is 0 Å². The molecule has 0 saturated heterocycles. The molecule has 0 atom stereocenters. The quantitative estimate of drug-likeness (QED) is 0.172. The van der Waals surface area contributed by atoms with Crippen LogP contribution in [0.15, 0.2) is 126 Å². The van der Waals surface area contributed by atoms with Crippen LogP contribution in [0.1, 0.15) is 22.1 Å². The SMILES string of the molecule is Cc1ccc(-c2[c-]cccc2)nc1.[2H]c1c([2H])c([2H])c(-c2c(C([2H])([2H])[2H])ccc3c2oc2c(-c4ccccn4)[c-]ccc23)c([2H])c1[2H].[Ir]. The number of hydrogen-bond donors (Lipinski definition) is 0. The second-order valence-electron chi connectivity index (χ2n) is 8.77. The van der Waals surface area contributed by atoms with Gasteiger partial charge in [-0.05, 0) is 47.9 Å². The zero-order valence-electron chi connectivity index (χ0n) is 29.3. The van der Waals surface area contributed by atoms with Gasteiger partial charge in [0.1, 0.15) is 5.58 Å². The first-order valence-corrected chi connectivity index (χ1v) is 12.3. The molecule has 3 heterocycles. The van der Waals surface area contributed by atoms with Crippen molar-refractivity contribution in [1.82, 2.24) is 9.97 Å². The fourth-order valence-electron chi connectivity index (χ4n) is 4.31. The van der Waals surface area contributed by atoms with Crippen LogP contribution in [0.25, 0.3) is 55.6 Å². The van der Waals surface area contributed by atoms with Gasteiger partial charge in [-0.15, -0.1) is 54.1 Å². The normalized spacial score (nSPS) is 13.7. The van der Waals surface area contributed by atoms with Crippen molar-refractivity contribution in [3.05, 3.63) is 145 Å². The Labute approximate surface area is 259 Å². The van der Waals surface area contributed by atoms with Crippen LogP contribution < -0.4 is 0 Å². The fourth-order valence-corrected chi connectivity index (χ4v) is 4.31. The molecule has 3 nitrogen and oxygen atoms in total. The van der Waals surface area contributed by atoms with Crippen LogP contribution in [0.5, 0.6) is 0 Å². The Hall–Kier alpha value is -4.37. The van der Waals surface area contributed by atoms with Crippen molar-refractivity contribution in [3.8, 4) is 33.6 Å². The molecule has 4 heteroatoms. The molecule has 0 bridgehead atoms. The zero-order chi connectivity index (χ0) is 33.5. The van der Waals surface area contributed by atoms with Crippen molar-refractivity contribution < 1.29 is 35.5 Å². The Morgan fingerprint density at radius 3 is 2.35 bits per heavy atom. The van der Waals surface area contributed by atoms with Gasteiger partial charge in [0.25, 0.3) is 0 Å². The van der Waals surface area contributed by atoms with Crippen LogP contribution in [0.4, 0.5) is 0 Å². The third-order valence-corrected chi connectivity index (χ3v) is 6.17. The summed E-state index contributed by atoms with van der Waals surface area (Å²) in [5, 5.41) is 1.22. The van der Waals surface area contributed by atoms with Crippen LogP contribution in [0.3, 0.4) is 0 Å². The van der Waals surface area contributed by atoms with Gasteiger partial charge in [0.15, 0.2) is 0 Å². The maximum atomic E-state index is 8.45. The second-order valence-corrected chi connectivity index (χ2v) is 8.77. The van der Waals surface area contributed by atoms with Gasteiger partial charge >= 0.3 is 0 Å². The fraction of sp³-hybridized carbons (Fsp3) is 0.0556. The molecule has 197 valence electrons. The average molecular weight is 703 g/mol. The summed E-state index contributed by atoms with van der Waals surface area (Å²) in [6, 6.07) is 27.4. The van der Waals surface area contributed by atoms with Crippen molar-refractivity contribution in [2.45, 2.75) is 13.8 Å². The molecule has 0 fully saturated rings. The number of fused-ring (bicyclic) bond motifs is 3. The molecule has 0 saturated carbocycles. The summed E-state index contributed by atoms with van der Waals surface area (Å²) in [6.45, 7) is -0.590. The number of nitrogens with zero attached hydrogens (tertiary/aromatic N) is 2. The van der Waals surface area contributed by atoms with E-state index in [1.165, 1.54) is 11.6 Å². The molecule has 40 heavy (non-hydrogen) atoms. The summed E-state index contributed by atoms with van der Waals surface area (Å²) in [4.78, 5) is 8.67. The molecule has 0 aliphatic heterocycles. The summed E-state index contributed by atoms with van der Waals surface area (Å²) >= 11 is 0. The van der Waals surface area contributed by atoms with Crippen molar-refractivity contribution >= 4 is 21.9 Å². The summed E-state index contributed by atoms with van der Waals surface area (Å²) < 4.78 is 71.4. The van der Waals surface area contributed by atoms with Gasteiger partial charge in [-0.1, -0.05) is 77.6 Å². The third kappa shape index (κ3) is 5.51. The van der Waals surface area contributed by atoms with Gasteiger partial charge in [-0.2, -0.15) is 0 Å². The first-order chi connectivity index (χ1) is 22.5. The first kappa shape index (κ1) is 18.8. The van der Waals surface area contributed by atoms with E-state index in [0.717, 1.165) is 11.3 Å². The molecule has 1 radical (unpaired) electrons. The molecule has 0 aliphatic carbocycles. The smallest absolute Gasteiger partial charge is 0.129 e. The summed E-state index contributed by atoms with van der Waals surface area (Å²) in [5.74, 6) is 0. The second kappa shape index (κ2) is 12.2. The van der Waals surface area contributed by atoms with Crippen molar-refractivity contribution in [1.29, 1.82) is 0 Å². The molecule has 0 unspecified atom stereocenters. The molecule has 0 N–H and O–H groups in total. The van der Waals surface area contributed by atoms with E-state index in [-0.39, 0.29) is 42.4 Å². The number of hydrogen-bond acceptors (Lipinski definition) is 3. The van der Waals surface area contributed by atoms with Crippen LogP contribution in [0, 0.1) is 25.9 Å². The molecule has 0 aliphatic rings. The van der Waals surface area contributed by atoms with Crippen LogP contribution in [-0.4, -0.2) is 9.97 Å². The topological polar surface area (TPSA) is 38.9 Å². The van der Waals surface area contributed by atoms with E-state index in [1.807, 2.05) is 49.5 Å². The van der Waals surface area contributed by atoms with Gasteiger partial charge < -0.3 is 14.4 Å². The Morgan fingerprint density at radius 2 is 1.62 bits per heavy atom. The van der Waals surface area contributed by atoms with Gasteiger partial charge in [0, 0.05) is 47.6 Å². The largest absolute Gasteiger partial charge is 0.500 e. The van der Waals surface area contributed by atoms with E-state index in [4.69, 9.17) is 15.4 Å². The van der Waals surface area contributed by atoms with Crippen molar-refractivity contribution in [2.24, 2.45) is 0 Å². The molecule has 7 rings (SSSR count). The van der Waals surface area contributed by atoms with Gasteiger partial charge in [-0.25, -0.2) is 0 Å². The Kier molecular flexibility index (Phi) is 5.75. The van der Waals surface area contributed by atoms with E-state index < -0.39 is 37.1 Å². The summed E-state index contributed by atoms with van der Waals surface area (Å²) in [6.07, 6.45) is 3.51. The van der Waals surface area contributed by atoms with E-state index in [0.29, 0.717) is 27.6 Å². The van der Waals surface area contributed by atoms with E-state index in [9.17, 15) is 0 Å².